The molecule has 0 aromatic carbocycles. The van der Waals surface area contributed by atoms with Gasteiger partial charge in [-0.3, -0.25) is 9.78 Å². The maximum Gasteiger partial charge on any atom is 0.226 e. The summed E-state index contributed by atoms with van der Waals surface area (Å²) in [5.41, 5.74) is 0.700. The molecule has 1 aromatic heterocycles. The van der Waals surface area contributed by atoms with Crippen LogP contribution < -0.4 is 5.32 Å². The van der Waals surface area contributed by atoms with Gasteiger partial charge in [-0.15, -0.1) is 0 Å². The Hall–Kier alpha value is -1.42. The molecule has 0 saturated carbocycles. The summed E-state index contributed by atoms with van der Waals surface area (Å²) in [6.45, 7) is 3.76. The van der Waals surface area contributed by atoms with E-state index in [2.05, 4.69) is 10.3 Å². The molecule has 0 aliphatic rings. The van der Waals surface area contributed by atoms with E-state index in [9.17, 15) is 9.90 Å². The number of rotatable bonds is 4. The van der Waals surface area contributed by atoms with Gasteiger partial charge in [0.15, 0.2) is 0 Å². The van der Waals surface area contributed by atoms with Crippen LogP contribution in [0.4, 0.5) is 5.69 Å². The number of carbonyl (C=O) groups excluding carboxylic acids is 1. The van der Waals surface area contributed by atoms with Gasteiger partial charge >= 0.3 is 0 Å². The number of nitrogens with one attached hydrogen (secondary N) is 1. The van der Waals surface area contributed by atoms with E-state index >= 15 is 0 Å². The Balaban J connectivity index is 2.43. The summed E-state index contributed by atoms with van der Waals surface area (Å²) in [4.78, 5) is 15.3. The fourth-order valence-corrected chi connectivity index (χ4v) is 1.07. The van der Waals surface area contributed by atoms with Crippen molar-refractivity contribution >= 4 is 11.6 Å². The zero-order valence-corrected chi connectivity index (χ0v) is 8.97. The highest BCUT2D eigenvalue weighted by Gasteiger charge is 2.14. The van der Waals surface area contributed by atoms with Crippen molar-refractivity contribution < 1.29 is 9.90 Å². The van der Waals surface area contributed by atoms with E-state index in [0.717, 1.165) is 0 Å². The summed E-state index contributed by atoms with van der Waals surface area (Å²) in [6, 6.07) is 3.42. The monoisotopic (exact) mass is 208 g/mol. The van der Waals surface area contributed by atoms with Gasteiger partial charge in [-0.2, -0.15) is 0 Å². The van der Waals surface area contributed by atoms with Crippen LogP contribution in [0, 0.1) is 5.92 Å². The zero-order chi connectivity index (χ0) is 11.3. The van der Waals surface area contributed by atoms with E-state index in [1.165, 1.54) is 0 Å². The first-order valence-corrected chi connectivity index (χ1v) is 4.97. The van der Waals surface area contributed by atoms with Crippen molar-refractivity contribution in [2.24, 2.45) is 5.92 Å². The first-order valence-electron chi connectivity index (χ1n) is 4.97. The number of nitrogens with zero attached hydrogens (tertiary/aromatic N) is 1. The fraction of sp³-hybridized carbons (Fsp3) is 0.455. The highest BCUT2D eigenvalue weighted by Crippen LogP contribution is 2.08. The molecule has 2 N–H and O–H groups in total. The molecule has 82 valence electrons. The lowest BCUT2D eigenvalue weighted by atomic mass is 10.0. The highest BCUT2D eigenvalue weighted by molar-refractivity contribution is 5.90. The van der Waals surface area contributed by atoms with Crippen molar-refractivity contribution in [3.63, 3.8) is 0 Å². The van der Waals surface area contributed by atoms with Crippen LogP contribution in [-0.4, -0.2) is 22.1 Å². The largest absolute Gasteiger partial charge is 0.392 e. The minimum Gasteiger partial charge on any atom is -0.392 e. The van der Waals surface area contributed by atoms with Crippen molar-refractivity contribution in [2.75, 3.05) is 5.32 Å². The SMILES string of the molecule is CC(C)C(O)CC(=O)Nc1ccncc1. The topological polar surface area (TPSA) is 62.2 Å². The predicted molar refractivity (Wildman–Crippen MR) is 58.3 cm³/mol. The summed E-state index contributed by atoms with van der Waals surface area (Å²) >= 11 is 0. The van der Waals surface area contributed by atoms with Crippen LogP contribution >= 0.6 is 0 Å². The number of anilines is 1. The lowest BCUT2D eigenvalue weighted by Crippen LogP contribution is -2.23. The number of amides is 1. The summed E-state index contributed by atoms with van der Waals surface area (Å²) in [5.74, 6) is -0.0874. The Morgan fingerprint density at radius 1 is 1.47 bits per heavy atom. The van der Waals surface area contributed by atoms with E-state index in [1.54, 1.807) is 24.5 Å². The molecule has 0 bridgehead atoms. The Morgan fingerprint density at radius 2 is 2.07 bits per heavy atom. The van der Waals surface area contributed by atoms with Crippen LogP contribution in [0.1, 0.15) is 20.3 Å². The van der Waals surface area contributed by atoms with Gasteiger partial charge in [0, 0.05) is 18.1 Å². The van der Waals surface area contributed by atoms with Gasteiger partial charge in [-0.05, 0) is 18.1 Å². The van der Waals surface area contributed by atoms with Crippen molar-refractivity contribution in [1.29, 1.82) is 0 Å². The molecule has 0 spiro atoms. The first kappa shape index (κ1) is 11.7. The number of aliphatic hydroxyl groups excluding tert-OH is 1. The number of hydrogen-bond acceptors (Lipinski definition) is 3. The van der Waals surface area contributed by atoms with Crippen LogP contribution in [0.15, 0.2) is 24.5 Å². The average Bonchev–Trinajstić information content (AvgIpc) is 2.18. The van der Waals surface area contributed by atoms with Crippen LogP contribution in [0.2, 0.25) is 0 Å². The minimum absolute atomic E-state index is 0.0909. The van der Waals surface area contributed by atoms with E-state index in [1.807, 2.05) is 13.8 Å². The number of pyridine rings is 1. The minimum atomic E-state index is -0.591. The molecule has 1 atom stereocenters. The molecule has 1 amide bonds. The number of hydrogen-bond donors (Lipinski definition) is 2. The molecule has 0 radical (unpaired) electrons. The van der Waals surface area contributed by atoms with Crippen molar-refractivity contribution in [3.05, 3.63) is 24.5 Å². The third-order valence-corrected chi connectivity index (χ3v) is 2.13. The molecule has 1 heterocycles. The molecule has 4 heteroatoms. The predicted octanol–water partition coefficient (Wildman–Crippen LogP) is 1.43. The summed E-state index contributed by atoms with van der Waals surface area (Å²) < 4.78 is 0. The maximum atomic E-state index is 11.4. The molecule has 15 heavy (non-hydrogen) atoms. The van der Waals surface area contributed by atoms with Crippen molar-refractivity contribution in [3.8, 4) is 0 Å². The Morgan fingerprint density at radius 3 is 2.60 bits per heavy atom. The molecule has 0 aliphatic carbocycles. The quantitative estimate of drug-likeness (QED) is 0.786. The molecular weight excluding hydrogens is 192 g/mol. The van der Waals surface area contributed by atoms with E-state index in [-0.39, 0.29) is 18.2 Å². The Labute approximate surface area is 89.3 Å². The number of aromatic nitrogens is 1. The summed E-state index contributed by atoms with van der Waals surface area (Å²) in [7, 11) is 0. The van der Waals surface area contributed by atoms with E-state index in [4.69, 9.17) is 0 Å². The average molecular weight is 208 g/mol. The van der Waals surface area contributed by atoms with Gasteiger partial charge in [-0.1, -0.05) is 13.8 Å². The van der Waals surface area contributed by atoms with Crippen molar-refractivity contribution in [1.82, 2.24) is 4.98 Å². The first-order chi connectivity index (χ1) is 7.09. The zero-order valence-electron chi connectivity index (χ0n) is 8.97. The van der Waals surface area contributed by atoms with Gasteiger partial charge < -0.3 is 10.4 Å². The van der Waals surface area contributed by atoms with E-state index in [0.29, 0.717) is 5.69 Å². The molecular formula is C11H16N2O2. The lowest BCUT2D eigenvalue weighted by molar-refractivity contribution is -0.118. The molecule has 0 saturated heterocycles. The molecule has 1 unspecified atom stereocenters. The van der Waals surface area contributed by atoms with E-state index < -0.39 is 6.10 Å². The summed E-state index contributed by atoms with van der Waals surface area (Å²) in [6.07, 6.45) is 2.75. The van der Waals surface area contributed by atoms with Gasteiger partial charge in [0.25, 0.3) is 0 Å². The Bertz CT molecular complexity index is 312. The second-order valence-corrected chi connectivity index (χ2v) is 3.80. The smallest absolute Gasteiger partial charge is 0.226 e. The van der Waals surface area contributed by atoms with Gasteiger partial charge in [0.1, 0.15) is 0 Å². The standard InChI is InChI=1S/C11H16N2O2/c1-8(2)10(14)7-11(15)13-9-3-5-12-6-4-9/h3-6,8,10,14H,7H2,1-2H3,(H,12,13,15). The third-order valence-electron chi connectivity index (χ3n) is 2.13. The van der Waals surface area contributed by atoms with Gasteiger partial charge in [0.2, 0.25) is 5.91 Å². The molecule has 0 aliphatic heterocycles. The van der Waals surface area contributed by atoms with Gasteiger partial charge in [-0.25, -0.2) is 0 Å². The van der Waals surface area contributed by atoms with Crippen LogP contribution in [0.25, 0.3) is 0 Å². The molecule has 0 fully saturated rings. The Kier molecular flexibility index (Phi) is 4.24. The third kappa shape index (κ3) is 4.08. The second kappa shape index (κ2) is 5.46. The maximum absolute atomic E-state index is 11.4. The normalized spacial score (nSPS) is 12.5. The lowest BCUT2D eigenvalue weighted by Gasteiger charge is -2.13. The van der Waals surface area contributed by atoms with Crippen LogP contribution in [0.3, 0.4) is 0 Å². The van der Waals surface area contributed by atoms with Gasteiger partial charge in [0.05, 0.1) is 12.5 Å². The molecule has 1 rings (SSSR count). The van der Waals surface area contributed by atoms with Crippen LogP contribution in [-0.2, 0) is 4.79 Å². The highest BCUT2D eigenvalue weighted by atomic mass is 16.3. The molecule has 4 nitrogen and oxygen atoms in total. The fourth-order valence-electron chi connectivity index (χ4n) is 1.07. The second-order valence-electron chi connectivity index (χ2n) is 3.80. The summed E-state index contributed by atoms with van der Waals surface area (Å²) in [5, 5.41) is 12.2. The van der Waals surface area contributed by atoms with Crippen LogP contribution in [0.5, 0.6) is 0 Å². The van der Waals surface area contributed by atoms with Crippen molar-refractivity contribution in [2.45, 2.75) is 26.4 Å². The molecule has 1 aromatic rings. The number of carbonyl (C=O) groups is 1. The number of aliphatic hydroxyl groups is 1.